The summed E-state index contributed by atoms with van der Waals surface area (Å²) in [4.78, 5) is 21.6. The number of carboxylic acid groups (broad SMARTS) is 1. The Bertz CT molecular complexity index is 282. The summed E-state index contributed by atoms with van der Waals surface area (Å²) in [6.07, 6.45) is -3.50. The molecular weight excluding hydrogens is 247 g/mol. The number of carbonyl (C=O) groups excluding carboxylic acids is 1. The van der Waals surface area contributed by atoms with Crippen molar-refractivity contribution in [1.82, 2.24) is 5.32 Å². The Hall–Kier alpha value is -0.920. The quantitative estimate of drug-likeness (QED) is 0.780. The normalized spacial score (nSPS) is 15.3. The van der Waals surface area contributed by atoms with Crippen molar-refractivity contribution in [2.45, 2.75) is 25.1 Å². The minimum atomic E-state index is -5.03. The second kappa shape index (κ2) is 5.42. The van der Waals surface area contributed by atoms with Crippen molar-refractivity contribution in [3.63, 3.8) is 0 Å². The SMILES string of the molecule is CSCCC(=O)NC(C)(C(=O)O)C(F)(F)F. The highest BCUT2D eigenvalue weighted by molar-refractivity contribution is 7.98. The van der Waals surface area contributed by atoms with E-state index in [1.165, 1.54) is 17.1 Å². The van der Waals surface area contributed by atoms with Crippen LogP contribution in [0.4, 0.5) is 13.2 Å². The lowest BCUT2D eigenvalue weighted by Crippen LogP contribution is -2.61. The lowest BCUT2D eigenvalue weighted by molar-refractivity contribution is -0.206. The van der Waals surface area contributed by atoms with Gasteiger partial charge in [0.1, 0.15) is 0 Å². The molecule has 0 radical (unpaired) electrons. The van der Waals surface area contributed by atoms with Gasteiger partial charge in [0, 0.05) is 12.2 Å². The molecule has 0 aromatic carbocycles. The summed E-state index contributed by atoms with van der Waals surface area (Å²) in [5, 5.41) is 9.99. The third-order valence-corrected chi connectivity index (χ3v) is 2.53. The van der Waals surface area contributed by atoms with Crippen molar-refractivity contribution < 1.29 is 27.9 Å². The topological polar surface area (TPSA) is 66.4 Å². The Morgan fingerprint density at radius 1 is 1.38 bits per heavy atom. The van der Waals surface area contributed by atoms with E-state index in [2.05, 4.69) is 0 Å². The van der Waals surface area contributed by atoms with Crippen molar-refractivity contribution >= 4 is 23.6 Å². The molecule has 2 N–H and O–H groups in total. The minimum absolute atomic E-state index is 0.153. The first-order valence-electron chi connectivity index (χ1n) is 4.25. The highest BCUT2D eigenvalue weighted by Gasteiger charge is 2.58. The molecule has 0 spiro atoms. The predicted octanol–water partition coefficient (Wildman–Crippen LogP) is 1.26. The number of halogens is 3. The molecule has 0 aliphatic rings. The molecule has 0 saturated heterocycles. The average molecular weight is 259 g/mol. The van der Waals surface area contributed by atoms with Gasteiger partial charge in [0.25, 0.3) is 0 Å². The summed E-state index contributed by atoms with van der Waals surface area (Å²) in [6, 6.07) is 0. The Kier molecular flexibility index (Phi) is 5.11. The molecule has 4 nitrogen and oxygen atoms in total. The first-order valence-corrected chi connectivity index (χ1v) is 5.64. The Labute approximate surface area is 94.6 Å². The zero-order valence-electron chi connectivity index (χ0n) is 8.72. The van der Waals surface area contributed by atoms with Gasteiger partial charge >= 0.3 is 12.1 Å². The Morgan fingerprint density at radius 3 is 2.19 bits per heavy atom. The number of amides is 1. The standard InChI is InChI=1S/C8H12F3NO3S/c1-7(6(14)15,8(9,10)11)12-5(13)3-4-16-2/h3-4H2,1-2H3,(H,12,13)(H,14,15). The Balaban J connectivity index is 4.71. The number of hydrogen-bond donors (Lipinski definition) is 2. The van der Waals surface area contributed by atoms with E-state index >= 15 is 0 Å². The fourth-order valence-corrected chi connectivity index (χ4v) is 1.17. The van der Waals surface area contributed by atoms with Gasteiger partial charge in [-0.05, 0) is 13.2 Å². The number of carbonyl (C=O) groups is 2. The zero-order valence-corrected chi connectivity index (χ0v) is 9.54. The van der Waals surface area contributed by atoms with E-state index in [4.69, 9.17) is 5.11 Å². The molecular formula is C8H12F3NO3S. The van der Waals surface area contributed by atoms with Gasteiger partial charge in [-0.25, -0.2) is 4.79 Å². The lowest BCUT2D eigenvalue weighted by atomic mass is 10.0. The number of alkyl halides is 3. The molecule has 0 heterocycles. The van der Waals surface area contributed by atoms with Crippen LogP contribution in [0.5, 0.6) is 0 Å². The van der Waals surface area contributed by atoms with Crippen LogP contribution >= 0.6 is 11.8 Å². The largest absolute Gasteiger partial charge is 0.479 e. The van der Waals surface area contributed by atoms with E-state index in [1.807, 2.05) is 0 Å². The van der Waals surface area contributed by atoms with Crippen molar-refractivity contribution in [2.75, 3.05) is 12.0 Å². The third kappa shape index (κ3) is 3.58. The molecule has 0 aliphatic carbocycles. The van der Waals surface area contributed by atoms with Gasteiger partial charge in [-0.1, -0.05) is 0 Å². The van der Waals surface area contributed by atoms with Crippen LogP contribution in [0.25, 0.3) is 0 Å². The van der Waals surface area contributed by atoms with Crippen LogP contribution in [-0.4, -0.2) is 40.7 Å². The maximum Gasteiger partial charge on any atom is 0.422 e. The number of rotatable bonds is 5. The van der Waals surface area contributed by atoms with Crippen LogP contribution in [0.3, 0.4) is 0 Å². The van der Waals surface area contributed by atoms with Crippen LogP contribution in [0.15, 0.2) is 0 Å². The summed E-state index contributed by atoms with van der Waals surface area (Å²) in [6.45, 7) is 0.423. The number of carboxylic acids is 1. The van der Waals surface area contributed by atoms with E-state index in [9.17, 15) is 22.8 Å². The molecule has 0 bridgehead atoms. The monoisotopic (exact) mass is 259 g/mol. The molecule has 0 aliphatic heterocycles. The molecule has 0 aromatic heterocycles. The Morgan fingerprint density at radius 2 is 1.88 bits per heavy atom. The van der Waals surface area contributed by atoms with Gasteiger partial charge in [-0.2, -0.15) is 24.9 Å². The summed E-state index contributed by atoms with van der Waals surface area (Å²) in [5.74, 6) is -2.73. The van der Waals surface area contributed by atoms with Gasteiger partial charge in [-0.15, -0.1) is 0 Å². The molecule has 16 heavy (non-hydrogen) atoms. The van der Waals surface area contributed by atoms with Gasteiger partial charge in [0.2, 0.25) is 11.4 Å². The fourth-order valence-electron chi connectivity index (χ4n) is 0.782. The highest BCUT2D eigenvalue weighted by Crippen LogP contribution is 2.30. The molecule has 0 aromatic rings. The van der Waals surface area contributed by atoms with Gasteiger partial charge in [-0.3, -0.25) is 4.79 Å². The van der Waals surface area contributed by atoms with Crippen molar-refractivity contribution in [2.24, 2.45) is 0 Å². The molecule has 1 unspecified atom stereocenters. The third-order valence-electron chi connectivity index (χ3n) is 1.92. The second-order valence-corrected chi connectivity index (χ2v) is 4.20. The van der Waals surface area contributed by atoms with Crippen LogP contribution in [-0.2, 0) is 9.59 Å². The summed E-state index contributed by atoms with van der Waals surface area (Å²) in [5.41, 5.74) is -3.23. The van der Waals surface area contributed by atoms with Crippen molar-refractivity contribution in [3.05, 3.63) is 0 Å². The van der Waals surface area contributed by atoms with Crippen LogP contribution in [0.2, 0.25) is 0 Å². The van der Waals surface area contributed by atoms with E-state index in [0.717, 1.165) is 0 Å². The smallest absolute Gasteiger partial charge is 0.422 e. The van der Waals surface area contributed by atoms with Gasteiger partial charge in [0.05, 0.1) is 0 Å². The van der Waals surface area contributed by atoms with Crippen LogP contribution in [0, 0.1) is 0 Å². The summed E-state index contributed by atoms with van der Waals surface area (Å²) in [7, 11) is 0. The number of thioether (sulfide) groups is 1. The maximum atomic E-state index is 12.4. The van der Waals surface area contributed by atoms with E-state index in [1.54, 1.807) is 6.26 Å². The number of aliphatic carboxylic acids is 1. The minimum Gasteiger partial charge on any atom is -0.479 e. The van der Waals surface area contributed by atoms with Crippen LogP contribution in [0.1, 0.15) is 13.3 Å². The van der Waals surface area contributed by atoms with Crippen molar-refractivity contribution in [3.8, 4) is 0 Å². The maximum absolute atomic E-state index is 12.4. The van der Waals surface area contributed by atoms with E-state index in [0.29, 0.717) is 12.7 Å². The molecule has 0 fully saturated rings. The molecule has 0 saturated carbocycles. The summed E-state index contributed by atoms with van der Waals surface area (Å²) >= 11 is 1.28. The molecule has 94 valence electrons. The van der Waals surface area contributed by atoms with Crippen molar-refractivity contribution in [1.29, 1.82) is 0 Å². The first kappa shape index (κ1) is 15.1. The molecule has 1 amide bonds. The van der Waals surface area contributed by atoms with Gasteiger partial charge < -0.3 is 10.4 Å². The molecule has 1 atom stereocenters. The molecule has 8 heteroatoms. The lowest BCUT2D eigenvalue weighted by Gasteiger charge is -2.28. The predicted molar refractivity (Wildman–Crippen MR) is 53.2 cm³/mol. The van der Waals surface area contributed by atoms with E-state index < -0.39 is 23.6 Å². The highest BCUT2D eigenvalue weighted by atomic mass is 32.2. The number of hydrogen-bond acceptors (Lipinski definition) is 3. The molecule has 0 rings (SSSR count). The van der Waals surface area contributed by atoms with Crippen LogP contribution < -0.4 is 5.32 Å². The van der Waals surface area contributed by atoms with E-state index in [-0.39, 0.29) is 6.42 Å². The summed E-state index contributed by atoms with van der Waals surface area (Å²) < 4.78 is 37.3. The number of nitrogens with one attached hydrogen (secondary N) is 1. The van der Waals surface area contributed by atoms with Gasteiger partial charge in [0.15, 0.2) is 0 Å². The second-order valence-electron chi connectivity index (χ2n) is 3.22. The first-order chi connectivity index (χ1) is 7.15. The fraction of sp³-hybridized carbons (Fsp3) is 0.750. The average Bonchev–Trinajstić information content (AvgIpc) is 2.12. The zero-order chi connectivity index (χ0) is 13.0.